The Labute approximate surface area is 156 Å². The molecule has 1 N–H and O–H groups in total. The number of hydrogen-bond donors (Lipinski definition) is 1. The molecule has 6 nitrogen and oxygen atoms in total. The molecule has 0 saturated carbocycles. The summed E-state index contributed by atoms with van der Waals surface area (Å²) in [5.74, 6) is 1.11. The van der Waals surface area contributed by atoms with Crippen LogP contribution in [-0.4, -0.2) is 49.8 Å². The number of aromatic amines is 1. The summed E-state index contributed by atoms with van der Waals surface area (Å²) in [6, 6.07) is 6.31. The van der Waals surface area contributed by atoms with E-state index in [0.717, 1.165) is 48.0 Å². The Morgan fingerprint density at radius 1 is 1.38 bits per heavy atom. The summed E-state index contributed by atoms with van der Waals surface area (Å²) in [5, 5.41) is 10.2. The van der Waals surface area contributed by atoms with Crippen LogP contribution in [0.1, 0.15) is 32.3 Å². The van der Waals surface area contributed by atoms with Crippen LogP contribution in [0.4, 0.5) is 0 Å². The number of thioether (sulfide) groups is 1. The number of aryl methyl sites for hydroxylation is 1. The number of nitrogens with zero attached hydrogens (tertiary/aromatic N) is 4. The van der Waals surface area contributed by atoms with Gasteiger partial charge in [-0.25, -0.2) is 4.98 Å². The number of benzene rings is 1. The number of fused-ring (bicyclic) bond motifs is 3. The molecule has 26 heavy (non-hydrogen) atoms. The van der Waals surface area contributed by atoms with Crippen molar-refractivity contribution < 1.29 is 4.79 Å². The molecule has 7 heteroatoms. The highest BCUT2D eigenvalue weighted by molar-refractivity contribution is 7.99. The van der Waals surface area contributed by atoms with Crippen molar-refractivity contribution in [3.8, 4) is 0 Å². The van der Waals surface area contributed by atoms with Crippen molar-refractivity contribution in [2.45, 2.75) is 38.3 Å². The standard InChI is InChI=1S/C19H23N5OS/c1-3-13-6-7-15-14(9-13)17-18(20-15)21-19(23-22-17)26-11-16(25)24-8-4-5-12(2)10-24/h6-7,9,12H,3-5,8,10-11H2,1-2H3,(H,20,21,23)/t12-/m1/s1. The van der Waals surface area contributed by atoms with Gasteiger partial charge < -0.3 is 9.88 Å². The summed E-state index contributed by atoms with van der Waals surface area (Å²) in [4.78, 5) is 22.2. The molecule has 1 amide bonds. The molecule has 0 aliphatic carbocycles. The molecule has 1 atom stereocenters. The van der Waals surface area contributed by atoms with Gasteiger partial charge in [0, 0.05) is 24.0 Å². The Hall–Kier alpha value is -2.15. The Morgan fingerprint density at radius 3 is 3.08 bits per heavy atom. The molecule has 4 rings (SSSR count). The Bertz CT molecular complexity index is 954. The van der Waals surface area contributed by atoms with Crippen LogP contribution < -0.4 is 0 Å². The smallest absolute Gasteiger partial charge is 0.233 e. The summed E-state index contributed by atoms with van der Waals surface area (Å²) in [5.41, 5.74) is 3.79. The molecule has 1 saturated heterocycles. The van der Waals surface area contributed by atoms with E-state index in [1.165, 1.54) is 23.7 Å². The second kappa shape index (κ2) is 7.23. The van der Waals surface area contributed by atoms with E-state index in [4.69, 9.17) is 0 Å². The van der Waals surface area contributed by atoms with Crippen LogP contribution in [0.3, 0.4) is 0 Å². The maximum absolute atomic E-state index is 12.4. The van der Waals surface area contributed by atoms with Gasteiger partial charge in [0.25, 0.3) is 0 Å². The van der Waals surface area contributed by atoms with E-state index in [1.807, 2.05) is 4.90 Å². The molecule has 0 bridgehead atoms. The number of carbonyl (C=O) groups excluding carboxylic acids is 1. The summed E-state index contributed by atoms with van der Waals surface area (Å²) < 4.78 is 0. The van der Waals surface area contributed by atoms with Gasteiger partial charge in [0.2, 0.25) is 11.1 Å². The van der Waals surface area contributed by atoms with E-state index >= 15 is 0 Å². The maximum atomic E-state index is 12.4. The third-order valence-electron chi connectivity index (χ3n) is 5.00. The van der Waals surface area contributed by atoms with E-state index in [1.54, 1.807) is 0 Å². The summed E-state index contributed by atoms with van der Waals surface area (Å²) in [7, 11) is 0. The molecular formula is C19H23N5OS. The van der Waals surface area contributed by atoms with Gasteiger partial charge in [-0.3, -0.25) is 4.79 Å². The first-order valence-electron chi connectivity index (χ1n) is 9.19. The zero-order valence-electron chi connectivity index (χ0n) is 15.2. The average Bonchev–Trinajstić information content (AvgIpc) is 3.02. The highest BCUT2D eigenvalue weighted by atomic mass is 32.2. The van der Waals surface area contributed by atoms with Gasteiger partial charge in [-0.1, -0.05) is 31.7 Å². The number of amides is 1. The molecular weight excluding hydrogens is 346 g/mol. The van der Waals surface area contributed by atoms with Crippen molar-refractivity contribution in [1.29, 1.82) is 0 Å². The number of piperidine rings is 1. The monoisotopic (exact) mass is 369 g/mol. The molecule has 1 aliphatic heterocycles. The fourth-order valence-corrected chi connectivity index (χ4v) is 4.21. The molecule has 3 heterocycles. The molecule has 136 valence electrons. The summed E-state index contributed by atoms with van der Waals surface area (Å²) >= 11 is 1.36. The minimum Gasteiger partial charge on any atom is -0.342 e. The summed E-state index contributed by atoms with van der Waals surface area (Å²) in [6.45, 7) is 6.06. The van der Waals surface area contributed by atoms with Gasteiger partial charge in [-0.2, -0.15) is 0 Å². The van der Waals surface area contributed by atoms with Gasteiger partial charge >= 0.3 is 0 Å². The molecule has 3 aromatic rings. The first kappa shape index (κ1) is 17.3. The van der Waals surface area contributed by atoms with Crippen LogP contribution in [0.5, 0.6) is 0 Å². The topological polar surface area (TPSA) is 74.8 Å². The van der Waals surface area contributed by atoms with Crippen molar-refractivity contribution in [2.24, 2.45) is 5.92 Å². The number of H-pyrrole nitrogens is 1. The zero-order valence-corrected chi connectivity index (χ0v) is 16.0. The van der Waals surface area contributed by atoms with Crippen molar-refractivity contribution >= 4 is 39.7 Å². The minimum absolute atomic E-state index is 0.162. The third-order valence-corrected chi connectivity index (χ3v) is 5.82. The van der Waals surface area contributed by atoms with Crippen molar-refractivity contribution in [3.05, 3.63) is 23.8 Å². The van der Waals surface area contributed by atoms with Crippen LogP contribution in [0.15, 0.2) is 23.4 Å². The van der Waals surface area contributed by atoms with Crippen LogP contribution >= 0.6 is 11.8 Å². The van der Waals surface area contributed by atoms with Crippen LogP contribution in [0, 0.1) is 5.92 Å². The lowest BCUT2D eigenvalue weighted by atomic mass is 10.0. The van der Waals surface area contributed by atoms with Crippen LogP contribution in [0.25, 0.3) is 22.1 Å². The second-order valence-corrected chi connectivity index (χ2v) is 7.97. The van der Waals surface area contributed by atoms with Gasteiger partial charge in [0.05, 0.1) is 5.75 Å². The lowest BCUT2D eigenvalue weighted by Gasteiger charge is -2.30. The normalized spacial score (nSPS) is 17.9. The predicted octanol–water partition coefficient (Wildman–Crippen LogP) is 3.42. The van der Waals surface area contributed by atoms with Gasteiger partial charge in [-0.05, 0) is 42.9 Å². The molecule has 2 aromatic heterocycles. The SMILES string of the molecule is CCc1ccc2[nH]c3nc(SCC(=O)N4CCC[C@@H](C)C4)nnc3c2c1. The lowest BCUT2D eigenvalue weighted by molar-refractivity contribution is -0.130. The van der Waals surface area contributed by atoms with Gasteiger partial charge in [-0.15, -0.1) is 10.2 Å². The Kier molecular flexibility index (Phi) is 4.80. The molecule has 1 aliphatic rings. The maximum Gasteiger partial charge on any atom is 0.233 e. The quantitative estimate of drug-likeness (QED) is 0.713. The van der Waals surface area contributed by atoms with E-state index in [2.05, 4.69) is 52.2 Å². The molecule has 1 fully saturated rings. The Morgan fingerprint density at radius 2 is 2.27 bits per heavy atom. The molecule has 0 radical (unpaired) electrons. The summed E-state index contributed by atoms with van der Waals surface area (Å²) in [6.07, 6.45) is 3.28. The highest BCUT2D eigenvalue weighted by Crippen LogP contribution is 2.25. The van der Waals surface area contributed by atoms with Crippen LogP contribution in [-0.2, 0) is 11.2 Å². The first-order chi connectivity index (χ1) is 12.6. The number of aromatic nitrogens is 4. The minimum atomic E-state index is 0.162. The first-order valence-corrected chi connectivity index (χ1v) is 10.2. The van der Waals surface area contributed by atoms with E-state index < -0.39 is 0 Å². The van der Waals surface area contributed by atoms with Crippen LogP contribution in [0.2, 0.25) is 0 Å². The zero-order chi connectivity index (χ0) is 18.1. The molecule has 0 unspecified atom stereocenters. The lowest BCUT2D eigenvalue weighted by Crippen LogP contribution is -2.40. The fourth-order valence-electron chi connectivity index (χ4n) is 3.52. The van der Waals surface area contributed by atoms with E-state index in [9.17, 15) is 4.79 Å². The van der Waals surface area contributed by atoms with Crippen molar-refractivity contribution in [1.82, 2.24) is 25.1 Å². The largest absolute Gasteiger partial charge is 0.342 e. The number of rotatable bonds is 4. The third kappa shape index (κ3) is 3.40. The van der Waals surface area contributed by atoms with E-state index in [-0.39, 0.29) is 5.91 Å². The van der Waals surface area contributed by atoms with Crippen molar-refractivity contribution in [3.63, 3.8) is 0 Å². The van der Waals surface area contributed by atoms with Gasteiger partial charge in [0.1, 0.15) is 5.52 Å². The predicted molar refractivity (Wildman–Crippen MR) is 104 cm³/mol. The van der Waals surface area contributed by atoms with Crippen molar-refractivity contribution in [2.75, 3.05) is 18.8 Å². The molecule has 0 spiro atoms. The highest BCUT2D eigenvalue weighted by Gasteiger charge is 2.21. The van der Waals surface area contributed by atoms with Gasteiger partial charge in [0.15, 0.2) is 5.65 Å². The van der Waals surface area contributed by atoms with E-state index in [0.29, 0.717) is 16.8 Å². The average molecular weight is 369 g/mol. The molecule has 1 aromatic carbocycles. The Balaban J connectivity index is 1.50. The number of carbonyl (C=O) groups is 1. The number of hydrogen-bond acceptors (Lipinski definition) is 5. The second-order valence-electron chi connectivity index (χ2n) is 7.03. The number of likely N-dealkylation sites (tertiary alicyclic amines) is 1. The number of nitrogens with one attached hydrogen (secondary N) is 1. The fraction of sp³-hybridized carbons (Fsp3) is 0.474.